The fourth-order valence-corrected chi connectivity index (χ4v) is 4.16. The molecule has 4 rings (SSSR count). The van der Waals surface area contributed by atoms with E-state index in [4.69, 9.17) is 22.1 Å². The molecule has 1 heterocycles. The third-order valence-corrected chi connectivity index (χ3v) is 5.87. The Hall–Kier alpha value is -4.50. The van der Waals surface area contributed by atoms with Crippen LogP contribution in [0.25, 0.3) is 6.08 Å². The van der Waals surface area contributed by atoms with Gasteiger partial charge in [-0.15, -0.1) is 0 Å². The minimum absolute atomic E-state index is 0.0779. The second-order valence-electron chi connectivity index (χ2n) is 8.43. The lowest BCUT2D eigenvalue weighted by molar-refractivity contribution is -0.255. The number of benzene rings is 3. The summed E-state index contributed by atoms with van der Waals surface area (Å²) in [4.78, 5) is 42.0. The minimum atomic E-state index is -1.25. The molecule has 8 nitrogen and oxygen atoms in total. The van der Waals surface area contributed by atoms with E-state index in [1.165, 1.54) is 30.2 Å². The number of amides is 2. The molecule has 0 fully saturated rings. The lowest BCUT2D eigenvalue weighted by atomic mass is 10.1. The topological polar surface area (TPSA) is 108 Å². The highest BCUT2D eigenvalue weighted by atomic mass is 32.1. The quantitative estimate of drug-likeness (QED) is 0.271. The smallest absolute Gasteiger partial charge is 0.282 e. The van der Waals surface area contributed by atoms with E-state index in [9.17, 15) is 19.5 Å². The van der Waals surface area contributed by atoms with Crippen LogP contribution in [-0.4, -0.2) is 30.1 Å². The van der Waals surface area contributed by atoms with Gasteiger partial charge in [0.05, 0.1) is 13.1 Å². The number of ether oxygens (including phenoxy) is 2. The zero-order valence-corrected chi connectivity index (χ0v) is 21.1. The summed E-state index contributed by atoms with van der Waals surface area (Å²) in [5.41, 5.74) is 3.67. The van der Waals surface area contributed by atoms with E-state index in [0.29, 0.717) is 22.7 Å². The number of nitrogens with zero attached hydrogens (tertiary/aromatic N) is 2. The van der Waals surface area contributed by atoms with Gasteiger partial charge in [-0.05, 0) is 77.2 Å². The van der Waals surface area contributed by atoms with Crippen LogP contribution in [0, 0.1) is 13.8 Å². The Morgan fingerprint density at radius 2 is 1.68 bits per heavy atom. The number of rotatable bonds is 7. The Morgan fingerprint density at radius 1 is 1.00 bits per heavy atom. The summed E-state index contributed by atoms with van der Waals surface area (Å²) in [6.45, 7) is 3.99. The zero-order valence-electron chi connectivity index (χ0n) is 20.3. The normalized spacial score (nSPS) is 14.5. The van der Waals surface area contributed by atoms with Crippen LogP contribution >= 0.6 is 0 Å². The molecule has 0 spiro atoms. The predicted octanol–water partition coefficient (Wildman–Crippen LogP) is 3.11. The van der Waals surface area contributed by atoms with Gasteiger partial charge in [-0.2, -0.15) is 0 Å². The molecule has 3 aromatic carbocycles. The van der Waals surface area contributed by atoms with Crippen molar-refractivity contribution < 1.29 is 29.0 Å². The van der Waals surface area contributed by atoms with E-state index in [0.717, 1.165) is 16.7 Å². The van der Waals surface area contributed by atoms with Crippen LogP contribution in [0.15, 0.2) is 71.2 Å². The van der Waals surface area contributed by atoms with Crippen molar-refractivity contribution in [3.8, 4) is 11.5 Å². The number of aromatic carboxylic acids is 1. The second-order valence-corrected chi connectivity index (χ2v) is 8.79. The number of aryl methyl sites for hydroxylation is 2. The molecule has 0 aliphatic carbocycles. The first-order valence-electron chi connectivity index (χ1n) is 11.2. The number of methoxy groups -OCH3 is 1. The molecular formula is C28H22N2O6S-2. The maximum absolute atomic E-state index is 13.3. The van der Waals surface area contributed by atoms with E-state index in [-0.39, 0.29) is 22.9 Å². The molecule has 0 aromatic heterocycles. The molecule has 1 aliphatic heterocycles. The highest BCUT2D eigenvalue weighted by Crippen LogP contribution is 2.31. The molecule has 0 unspecified atom stereocenters. The first-order chi connectivity index (χ1) is 17.7. The number of carbonyl (C=O) groups is 3. The third-order valence-electron chi connectivity index (χ3n) is 5.60. The maximum atomic E-state index is 13.3. The van der Waals surface area contributed by atoms with Crippen molar-refractivity contribution in [3.05, 3.63) is 94.1 Å². The Bertz CT molecular complexity index is 1440. The Labute approximate surface area is 219 Å². The molecule has 9 heteroatoms. The van der Waals surface area contributed by atoms with E-state index in [1.54, 1.807) is 42.5 Å². The van der Waals surface area contributed by atoms with Gasteiger partial charge >= 0.3 is 0 Å². The molecule has 0 bridgehead atoms. The summed E-state index contributed by atoms with van der Waals surface area (Å²) < 4.78 is 11.3. The maximum Gasteiger partial charge on any atom is 0.282 e. The van der Waals surface area contributed by atoms with Gasteiger partial charge in [-0.25, -0.2) is 4.99 Å². The molecule has 0 atom stereocenters. The molecule has 3 aromatic rings. The van der Waals surface area contributed by atoms with Crippen LogP contribution in [0.1, 0.15) is 32.6 Å². The molecular weight excluding hydrogens is 492 g/mol. The van der Waals surface area contributed by atoms with Crippen LogP contribution in [0.5, 0.6) is 11.5 Å². The molecule has 0 N–H and O–H groups in total. The fraction of sp³-hybridized carbons (Fsp3) is 0.143. The van der Waals surface area contributed by atoms with Crippen LogP contribution in [-0.2, 0) is 28.8 Å². The van der Waals surface area contributed by atoms with Gasteiger partial charge in [-0.3, -0.25) is 14.5 Å². The van der Waals surface area contributed by atoms with Gasteiger partial charge in [0.2, 0.25) is 0 Å². The Kier molecular flexibility index (Phi) is 7.35. The fourth-order valence-electron chi connectivity index (χ4n) is 3.88. The van der Waals surface area contributed by atoms with Gasteiger partial charge in [-0.1, -0.05) is 36.4 Å². The number of hydrogen-bond acceptors (Lipinski definition) is 7. The molecule has 37 heavy (non-hydrogen) atoms. The van der Waals surface area contributed by atoms with E-state index < -0.39 is 17.8 Å². The monoisotopic (exact) mass is 514 g/mol. The minimum Gasteiger partial charge on any atom is -0.742 e. The number of hydrogen-bond donors (Lipinski definition) is 0. The van der Waals surface area contributed by atoms with Gasteiger partial charge < -0.3 is 32.0 Å². The largest absolute Gasteiger partial charge is 0.742 e. The predicted molar refractivity (Wildman–Crippen MR) is 139 cm³/mol. The lowest BCUT2D eigenvalue weighted by Gasteiger charge is -2.32. The average molecular weight is 515 g/mol. The Balaban J connectivity index is 1.58. The summed E-state index contributed by atoms with van der Waals surface area (Å²) in [6.07, 6.45) is 1.44. The van der Waals surface area contributed by atoms with Crippen molar-refractivity contribution in [2.45, 2.75) is 20.5 Å². The summed E-state index contributed by atoms with van der Waals surface area (Å²) in [7, 11) is 1.47. The first-order valence-corrected chi connectivity index (χ1v) is 11.6. The molecule has 2 amide bonds. The van der Waals surface area contributed by atoms with Crippen LogP contribution < -0.4 is 19.5 Å². The standard InChI is InChI=1S/C28H24N2O6S/c1-16-10-17(2)12-21(11-16)30-26(32)22(25(31)29-28(30)37)13-19-6-9-23(24(14-19)35-3)36-15-18-4-7-20(8-5-18)27(33)34/h4-14H,15H2,1-3H3,(H,33,34)(H,29,31,37)/p-2. The van der Waals surface area contributed by atoms with E-state index in [2.05, 4.69) is 4.99 Å². The van der Waals surface area contributed by atoms with Crippen molar-refractivity contribution in [1.29, 1.82) is 0 Å². The van der Waals surface area contributed by atoms with Crippen LogP contribution in [0.4, 0.5) is 5.69 Å². The van der Waals surface area contributed by atoms with Crippen LogP contribution in [0.3, 0.4) is 0 Å². The molecule has 188 valence electrons. The first kappa shape index (κ1) is 25.6. The number of amidine groups is 1. The summed E-state index contributed by atoms with van der Waals surface area (Å²) in [5.74, 6) is -1.71. The SMILES string of the molecule is COc1cc(C=C2C(=O)N=C([S-])N(c3cc(C)cc(C)c3)C2=O)ccc1OCc1ccc(C(=O)[O-])cc1. The van der Waals surface area contributed by atoms with Crippen molar-refractivity contribution in [2.24, 2.45) is 4.99 Å². The van der Waals surface area contributed by atoms with Gasteiger partial charge in [0.15, 0.2) is 11.5 Å². The van der Waals surface area contributed by atoms with Crippen molar-refractivity contribution in [1.82, 2.24) is 0 Å². The number of carboxylic acids is 1. The van der Waals surface area contributed by atoms with Crippen molar-refractivity contribution >= 4 is 47.3 Å². The van der Waals surface area contributed by atoms with Crippen molar-refractivity contribution in [2.75, 3.05) is 12.0 Å². The molecule has 0 saturated heterocycles. The summed E-state index contributed by atoms with van der Waals surface area (Å²) >= 11 is 5.23. The highest BCUT2D eigenvalue weighted by Gasteiger charge is 2.29. The Morgan fingerprint density at radius 3 is 2.30 bits per heavy atom. The average Bonchev–Trinajstić information content (AvgIpc) is 2.85. The molecule has 1 aliphatic rings. The number of carboxylic acid groups (broad SMARTS) is 1. The lowest BCUT2D eigenvalue weighted by Crippen LogP contribution is -2.42. The van der Waals surface area contributed by atoms with E-state index in [1.807, 2.05) is 19.9 Å². The number of anilines is 1. The van der Waals surface area contributed by atoms with Gasteiger partial charge in [0, 0.05) is 5.69 Å². The molecule has 0 saturated carbocycles. The third kappa shape index (κ3) is 5.68. The second kappa shape index (κ2) is 10.6. The highest BCUT2D eigenvalue weighted by molar-refractivity contribution is 7.78. The number of aliphatic imine (C=N–C) groups is 1. The molecule has 0 radical (unpaired) electrons. The van der Waals surface area contributed by atoms with Crippen LogP contribution in [0.2, 0.25) is 0 Å². The van der Waals surface area contributed by atoms with Gasteiger partial charge in [0.1, 0.15) is 12.2 Å². The zero-order chi connectivity index (χ0) is 26.7. The number of carbonyl (C=O) groups excluding carboxylic acids is 3. The summed E-state index contributed by atoms with van der Waals surface area (Å²) in [5, 5.41) is 10.8. The summed E-state index contributed by atoms with van der Waals surface area (Å²) in [6, 6.07) is 16.7. The van der Waals surface area contributed by atoms with Crippen molar-refractivity contribution in [3.63, 3.8) is 0 Å². The van der Waals surface area contributed by atoms with E-state index >= 15 is 0 Å². The van der Waals surface area contributed by atoms with Gasteiger partial charge in [0.25, 0.3) is 11.8 Å².